The topological polar surface area (TPSA) is 86.8 Å². The van der Waals surface area contributed by atoms with E-state index in [9.17, 15) is 9.59 Å². The Balaban J connectivity index is 1.05. The molecule has 3 aliphatic rings. The molecule has 0 radical (unpaired) electrons. The quantitative estimate of drug-likeness (QED) is 0.472. The van der Waals surface area contributed by atoms with Crippen molar-refractivity contribution in [1.29, 1.82) is 0 Å². The van der Waals surface area contributed by atoms with Crippen LogP contribution in [0.15, 0.2) is 42.5 Å². The number of aryl methyl sites for hydroxylation is 1. The number of para-hydroxylation sites is 1. The molecule has 0 saturated carbocycles. The minimum Gasteiger partial charge on any atom is -0.376 e. The van der Waals surface area contributed by atoms with E-state index in [4.69, 9.17) is 9.72 Å². The number of Topliss-reactive ketones (excluding diaryl/α,β-unsaturated/α-hetero) is 1. The number of anilines is 2. The molecule has 8 heteroatoms. The Kier molecular flexibility index (Phi) is 8.91. The Morgan fingerprint density at radius 2 is 2.00 bits per heavy atom. The smallest absolute Gasteiger partial charge is 0.243 e. The second kappa shape index (κ2) is 12.7. The van der Waals surface area contributed by atoms with Crippen LogP contribution in [0, 0.1) is 0 Å². The predicted octanol–water partition coefficient (Wildman–Crippen LogP) is 3.21. The summed E-state index contributed by atoms with van der Waals surface area (Å²) >= 11 is 0. The van der Waals surface area contributed by atoms with Gasteiger partial charge in [0.25, 0.3) is 0 Å². The van der Waals surface area contributed by atoms with E-state index in [0.29, 0.717) is 13.0 Å². The number of nitrogens with zero attached hydrogens (tertiary/aromatic N) is 3. The Bertz CT molecular complexity index is 1090. The maximum atomic E-state index is 13.2. The summed E-state index contributed by atoms with van der Waals surface area (Å²) in [6.45, 7) is 6.69. The van der Waals surface area contributed by atoms with Gasteiger partial charge in [-0.3, -0.25) is 9.59 Å². The molecule has 1 aromatic carbocycles. The van der Waals surface area contributed by atoms with Crippen LogP contribution in [0.3, 0.4) is 0 Å². The molecule has 3 atom stereocenters. The van der Waals surface area contributed by atoms with Gasteiger partial charge in [0, 0.05) is 50.5 Å². The van der Waals surface area contributed by atoms with Crippen LogP contribution in [0.25, 0.3) is 0 Å². The molecule has 1 aromatic heterocycles. The van der Waals surface area contributed by atoms with Gasteiger partial charge >= 0.3 is 0 Å². The number of amides is 1. The number of ether oxygens (including phenoxy) is 1. The molecule has 4 heterocycles. The summed E-state index contributed by atoms with van der Waals surface area (Å²) in [4.78, 5) is 34.8. The van der Waals surface area contributed by atoms with Gasteiger partial charge < -0.3 is 25.2 Å². The molecule has 1 amide bonds. The number of ketones is 1. The molecule has 2 saturated heterocycles. The fraction of sp³-hybridized carbons (Fsp3) is 0.567. The lowest BCUT2D eigenvalue weighted by Gasteiger charge is -2.28. The number of aromatic nitrogens is 1. The van der Waals surface area contributed by atoms with Gasteiger partial charge in [0.05, 0.1) is 18.8 Å². The lowest BCUT2D eigenvalue weighted by molar-refractivity contribution is -0.127. The van der Waals surface area contributed by atoms with E-state index in [1.807, 2.05) is 30.3 Å². The van der Waals surface area contributed by atoms with Crippen LogP contribution in [-0.4, -0.2) is 79.1 Å². The summed E-state index contributed by atoms with van der Waals surface area (Å²) in [6, 6.07) is 13.7. The van der Waals surface area contributed by atoms with E-state index in [-0.39, 0.29) is 23.8 Å². The summed E-state index contributed by atoms with van der Waals surface area (Å²) in [5, 5.41) is 6.46. The van der Waals surface area contributed by atoms with Crippen molar-refractivity contribution in [1.82, 2.24) is 15.2 Å². The fourth-order valence-corrected chi connectivity index (χ4v) is 5.90. The highest BCUT2D eigenvalue weighted by Crippen LogP contribution is 2.25. The van der Waals surface area contributed by atoms with Crippen LogP contribution >= 0.6 is 0 Å². The zero-order valence-corrected chi connectivity index (χ0v) is 22.5. The maximum absolute atomic E-state index is 13.2. The molecule has 0 bridgehead atoms. The Labute approximate surface area is 226 Å². The largest absolute Gasteiger partial charge is 0.376 e. The first kappa shape index (κ1) is 26.6. The number of benzene rings is 1. The molecular weight excluding hydrogens is 478 g/mol. The van der Waals surface area contributed by atoms with Gasteiger partial charge in [-0.2, -0.15) is 0 Å². The van der Waals surface area contributed by atoms with E-state index >= 15 is 0 Å². The standard InChI is InChI=1S/C30H41N5O3/c1-22(36)27(33-30(37)28-10-6-17-35(28)25-8-3-2-4-9-25)14-19-34-18-13-26(21-34)38-20-15-24-12-11-23-7-5-16-31-29(23)32-24/h2-4,8-9,11-12,26-28H,5-7,10,13-21H2,1H3,(H,31,32)(H,33,37)/t26-,27+,28+/m1/s1. The summed E-state index contributed by atoms with van der Waals surface area (Å²) in [7, 11) is 0. The van der Waals surface area contributed by atoms with Crippen LogP contribution < -0.4 is 15.5 Å². The molecule has 2 N–H and O–H groups in total. The molecule has 3 aliphatic heterocycles. The zero-order valence-electron chi connectivity index (χ0n) is 22.5. The minimum atomic E-state index is -0.454. The average molecular weight is 520 g/mol. The van der Waals surface area contributed by atoms with Gasteiger partial charge in [0.15, 0.2) is 5.78 Å². The monoisotopic (exact) mass is 519 g/mol. The number of pyridine rings is 1. The Morgan fingerprint density at radius 3 is 2.84 bits per heavy atom. The maximum Gasteiger partial charge on any atom is 0.243 e. The number of fused-ring (bicyclic) bond motifs is 1. The molecule has 5 rings (SSSR count). The zero-order chi connectivity index (χ0) is 26.3. The molecule has 0 unspecified atom stereocenters. The van der Waals surface area contributed by atoms with Crippen molar-refractivity contribution in [3.63, 3.8) is 0 Å². The normalized spacial score (nSPS) is 22.1. The van der Waals surface area contributed by atoms with Gasteiger partial charge in [-0.15, -0.1) is 0 Å². The number of hydrogen-bond donors (Lipinski definition) is 2. The van der Waals surface area contributed by atoms with Crippen molar-refractivity contribution in [2.45, 2.75) is 70.1 Å². The number of rotatable bonds is 11. The molecule has 0 aliphatic carbocycles. The summed E-state index contributed by atoms with van der Waals surface area (Å²) in [5.41, 5.74) is 3.44. The molecule has 204 valence electrons. The highest BCUT2D eigenvalue weighted by molar-refractivity contribution is 5.91. The van der Waals surface area contributed by atoms with Gasteiger partial charge in [-0.25, -0.2) is 4.98 Å². The molecule has 2 fully saturated rings. The highest BCUT2D eigenvalue weighted by atomic mass is 16.5. The highest BCUT2D eigenvalue weighted by Gasteiger charge is 2.33. The third-order valence-corrected chi connectivity index (χ3v) is 8.08. The molecule has 0 spiro atoms. The van der Waals surface area contributed by atoms with Crippen molar-refractivity contribution in [2.75, 3.05) is 49.5 Å². The third-order valence-electron chi connectivity index (χ3n) is 8.08. The van der Waals surface area contributed by atoms with E-state index < -0.39 is 6.04 Å². The Morgan fingerprint density at radius 1 is 1.13 bits per heavy atom. The second-order valence-corrected chi connectivity index (χ2v) is 10.8. The second-order valence-electron chi connectivity index (χ2n) is 10.8. The van der Waals surface area contributed by atoms with Gasteiger partial charge in [0.2, 0.25) is 5.91 Å². The minimum absolute atomic E-state index is 0.0154. The first-order chi connectivity index (χ1) is 18.6. The van der Waals surface area contributed by atoms with Crippen LogP contribution in [-0.2, 0) is 27.2 Å². The number of likely N-dealkylation sites (tertiary alicyclic amines) is 1. The number of carbonyl (C=O) groups excluding carboxylic acids is 2. The van der Waals surface area contributed by atoms with Crippen molar-refractivity contribution in [2.24, 2.45) is 0 Å². The van der Waals surface area contributed by atoms with Gasteiger partial charge in [-0.05, 0) is 69.2 Å². The van der Waals surface area contributed by atoms with Crippen LogP contribution in [0.1, 0.15) is 50.3 Å². The van der Waals surface area contributed by atoms with Crippen LogP contribution in [0.2, 0.25) is 0 Å². The lowest BCUT2D eigenvalue weighted by atomic mass is 10.1. The number of carbonyl (C=O) groups is 2. The number of nitrogens with one attached hydrogen (secondary N) is 2. The lowest BCUT2D eigenvalue weighted by Crippen LogP contribution is -2.50. The van der Waals surface area contributed by atoms with Crippen molar-refractivity contribution in [3.8, 4) is 0 Å². The van der Waals surface area contributed by atoms with E-state index in [1.54, 1.807) is 6.92 Å². The van der Waals surface area contributed by atoms with Gasteiger partial charge in [-0.1, -0.05) is 24.3 Å². The van der Waals surface area contributed by atoms with E-state index in [1.165, 1.54) is 12.0 Å². The first-order valence-electron chi connectivity index (χ1n) is 14.3. The third kappa shape index (κ3) is 6.72. The molecule has 8 nitrogen and oxygen atoms in total. The van der Waals surface area contributed by atoms with Crippen molar-refractivity contribution in [3.05, 3.63) is 53.7 Å². The molecule has 2 aromatic rings. The summed E-state index contributed by atoms with van der Waals surface area (Å²) in [5.74, 6) is 1.01. The predicted molar refractivity (Wildman–Crippen MR) is 150 cm³/mol. The SMILES string of the molecule is CC(=O)[C@H](CCN1CC[C@@H](OCCc2ccc3c(n2)NCCC3)C1)NC(=O)[C@@H]1CCCN1c1ccccc1. The summed E-state index contributed by atoms with van der Waals surface area (Å²) in [6.07, 6.45) is 6.69. The molecular formula is C30H41N5O3. The van der Waals surface area contributed by atoms with Crippen molar-refractivity contribution >= 4 is 23.2 Å². The molecule has 38 heavy (non-hydrogen) atoms. The first-order valence-corrected chi connectivity index (χ1v) is 14.3. The van der Waals surface area contributed by atoms with Gasteiger partial charge in [0.1, 0.15) is 11.9 Å². The fourth-order valence-electron chi connectivity index (χ4n) is 5.90. The average Bonchev–Trinajstić information content (AvgIpc) is 3.61. The summed E-state index contributed by atoms with van der Waals surface area (Å²) < 4.78 is 6.18. The van der Waals surface area contributed by atoms with Crippen LogP contribution in [0.5, 0.6) is 0 Å². The van der Waals surface area contributed by atoms with Crippen LogP contribution in [0.4, 0.5) is 11.5 Å². The number of hydrogen-bond acceptors (Lipinski definition) is 7. The Hall–Kier alpha value is -2.97. The van der Waals surface area contributed by atoms with E-state index in [2.05, 4.69) is 32.6 Å². The van der Waals surface area contributed by atoms with Crippen molar-refractivity contribution < 1.29 is 14.3 Å². The van der Waals surface area contributed by atoms with E-state index in [0.717, 1.165) is 82.0 Å².